The van der Waals surface area contributed by atoms with Crippen LogP contribution in [-0.4, -0.2) is 18.5 Å². The highest BCUT2D eigenvalue weighted by Crippen LogP contribution is 2.48. The predicted octanol–water partition coefficient (Wildman–Crippen LogP) is 6.33. The Kier molecular flexibility index (Phi) is 6.02. The van der Waals surface area contributed by atoms with E-state index in [0.29, 0.717) is 41.2 Å². The molecule has 0 aromatic heterocycles. The zero-order valence-electron chi connectivity index (χ0n) is 20.3. The van der Waals surface area contributed by atoms with Gasteiger partial charge in [-0.1, -0.05) is 31.5 Å². The summed E-state index contributed by atoms with van der Waals surface area (Å²) in [6.45, 7) is 5.77. The van der Waals surface area contributed by atoms with Crippen LogP contribution in [0.25, 0.3) is 0 Å². The van der Waals surface area contributed by atoms with Crippen molar-refractivity contribution >= 4 is 29.0 Å². The average molecular weight is 533 g/mol. The summed E-state index contributed by atoms with van der Waals surface area (Å²) in [4.78, 5) is 27.1. The molecule has 2 aromatic carbocycles. The summed E-state index contributed by atoms with van der Waals surface area (Å²) in [5, 5.41) is 5.73. The maximum absolute atomic E-state index is 13.7. The largest absolute Gasteiger partial charge is 0.454 e. The summed E-state index contributed by atoms with van der Waals surface area (Å²) in [5.74, 6) is -0.501. The van der Waals surface area contributed by atoms with E-state index >= 15 is 0 Å². The number of ether oxygens (including phenoxy) is 2. The molecule has 0 fully saturated rings. The Hall–Kier alpha value is -3.46. The number of dihydropyridines is 1. The lowest BCUT2D eigenvalue weighted by Gasteiger charge is -2.39. The van der Waals surface area contributed by atoms with Crippen molar-refractivity contribution in [2.24, 2.45) is 5.41 Å². The lowest BCUT2D eigenvalue weighted by Crippen LogP contribution is -2.39. The second-order valence-corrected chi connectivity index (χ2v) is 10.6. The summed E-state index contributed by atoms with van der Waals surface area (Å²) in [7, 11) is 0. The van der Waals surface area contributed by atoms with Crippen LogP contribution in [0.15, 0.2) is 58.9 Å². The predicted molar refractivity (Wildman–Crippen MR) is 131 cm³/mol. The standard InChI is InChI=1S/C27H24ClF3N2O4/c1-13-22(25(35)33-17-9-15(27(29,30)31)5-6-16(17)28)23(14-4-7-20-21(8-14)37-12-36-20)24-18(32-13)10-26(2,3)11-19(24)34/h4-9,23,32H,10-12H2,1-3H3,(H,33,35)/t23-/m0/s1. The van der Waals surface area contributed by atoms with E-state index in [4.69, 9.17) is 21.1 Å². The molecule has 2 N–H and O–H groups in total. The Balaban J connectivity index is 1.59. The van der Waals surface area contributed by atoms with Gasteiger partial charge in [-0.15, -0.1) is 0 Å². The molecule has 0 bridgehead atoms. The maximum atomic E-state index is 13.7. The van der Waals surface area contributed by atoms with Crippen LogP contribution in [0.2, 0.25) is 5.02 Å². The number of benzene rings is 2. The smallest absolute Gasteiger partial charge is 0.416 e. The minimum atomic E-state index is -4.61. The van der Waals surface area contributed by atoms with Crippen molar-refractivity contribution in [2.45, 2.75) is 45.7 Å². The van der Waals surface area contributed by atoms with Crippen molar-refractivity contribution in [3.05, 3.63) is 75.1 Å². The number of ketones is 1. The number of carbonyl (C=O) groups is 2. The molecule has 6 nitrogen and oxygen atoms in total. The van der Waals surface area contributed by atoms with E-state index in [-0.39, 0.29) is 34.3 Å². The highest BCUT2D eigenvalue weighted by Gasteiger charge is 2.43. The third-order valence-electron chi connectivity index (χ3n) is 6.76. The molecule has 5 rings (SSSR count). The number of alkyl halides is 3. The van der Waals surface area contributed by atoms with Gasteiger partial charge in [-0.2, -0.15) is 13.2 Å². The average Bonchev–Trinajstić information content (AvgIpc) is 3.25. The van der Waals surface area contributed by atoms with Crippen molar-refractivity contribution in [2.75, 3.05) is 12.1 Å². The van der Waals surface area contributed by atoms with Crippen LogP contribution in [0, 0.1) is 5.41 Å². The zero-order chi connectivity index (χ0) is 26.7. The van der Waals surface area contributed by atoms with Gasteiger partial charge in [0.05, 0.1) is 16.3 Å². The molecule has 3 aliphatic rings. The molecule has 2 aliphatic heterocycles. The Morgan fingerprint density at radius 2 is 1.84 bits per heavy atom. The molecule has 1 amide bonds. The first kappa shape index (κ1) is 25.2. The Morgan fingerprint density at radius 3 is 2.57 bits per heavy atom. The second-order valence-electron chi connectivity index (χ2n) is 10.2. The fraction of sp³-hybridized carbons (Fsp3) is 0.333. The summed E-state index contributed by atoms with van der Waals surface area (Å²) in [5.41, 5.74) is 1.13. The molecule has 10 heteroatoms. The van der Waals surface area contributed by atoms with Crippen LogP contribution in [0.4, 0.5) is 18.9 Å². The van der Waals surface area contributed by atoms with Crippen LogP contribution in [-0.2, 0) is 15.8 Å². The van der Waals surface area contributed by atoms with Gasteiger partial charge in [0.15, 0.2) is 17.3 Å². The lowest BCUT2D eigenvalue weighted by molar-refractivity contribution is -0.137. The first-order valence-electron chi connectivity index (χ1n) is 11.7. The number of nitrogens with one attached hydrogen (secondary N) is 2. The van der Waals surface area contributed by atoms with Gasteiger partial charge in [0.1, 0.15) is 0 Å². The maximum Gasteiger partial charge on any atom is 0.416 e. The first-order chi connectivity index (χ1) is 17.3. The van der Waals surface area contributed by atoms with Gasteiger partial charge < -0.3 is 20.1 Å². The highest BCUT2D eigenvalue weighted by atomic mass is 35.5. The number of amides is 1. The number of rotatable bonds is 3. The molecular formula is C27H24ClF3N2O4. The Labute approximate surface area is 216 Å². The summed E-state index contributed by atoms with van der Waals surface area (Å²) in [6, 6.07) is 7.93. The fourth-order valence-corrected chi connectivity index (χ4v) is 5.31. The van der Waals surface area contributed by atoms with E-state index in [1.165, 1.54) is 0 Å². The summed E-state index contributed by atoms with van der Waals surface area (Å²) in [6.07, 6.45) is -3.72. The number of carbonyl (C=O) groups excluding carboxylic acids is 2. The number of hydrogen-bond donors (Lipinski definition) is 2. The molecule has 0 spiro atoms. The number of hydrogen-bond acceptors (Lipinski definition) is 5. The molecular weight excluding hydrogens is 509 g/mol. The van der Waals surface area contributed by atoms with E-state index in [9.17, 15) is 22.8 Å². The van der Waals surface area contributed by atoms with Crippen LogP contribution in [0.3, 0.4) is 0 Å². The molecule has 0 saturated carbocycles. The molecule has 0 unspecified atom stereocenters. The first-order valence-corrected chi connectivity index (χ1v) is 12.0. The molecule has 2 aromatic rings. The van der Waals surface area contributed by atoms with E-state index in [1.54, 1.807) is 25.1 Å². The van der Waals surface area contributed by atoms with E-state index in [2.05, 4.69) is 10.6 Å². The monoisotopic (exact) mass is 532 g/mol. The van der Waals surface area contributed by atoms with Gasteiger partial charge in [-0.3, -0.25) is 9.59 Å². The number of halogens is 4. The quantitative estimate of drug-likeness (QED) is 0.483. The topological polar surface area (TPSA) is 76.7 Å². The number of fused-ring (bicyclic) bond motifs is 1. The third-order valence-corrected chi connectivity index (χ3v) is 7.09. The van der Waals surface area contributed by atoms with Gasteiger partial charge in [-0.05, 0) is 54.7 Å². The van der Waals surface area contributed by atoms with Gasteiger partial charge in [0, 0.05) is 34.9 Å². The Morgan fingerprint density at radius 1 is 1.11 bits per heavy atom. The minimum absolute atomic E-state index is 0.0431. The van der Waals surface area contributed by atoms with E-state index < -0.39 is 23.6 Å². The van der Waals surface area contributed by atoms with Crippen molar-refractivity contribution in [3.8, 4) is 11.5 Å². The van der Waals surface area contributed by atoms with Gasteiger partial charge in [0.25, 0.3) is 5.91 Å². The molecule has 37 heavy (non-hydrogen) atoms. The normalized spacial score (nSPS) is 20.5. The third kappa shape index (κ3) is 4.68. The molecule has 2 heterocycles. The summed E-state index contributed by atoms with van der Waals surface area (Å²) < 4.78 is 50.8. The zero-order valence-corrected chi connectivity index (χ0v) is 21.1. The van der Waals surface area contributed by atoms with Gasteiger partial charge in [-0.25, -0.2) is 0 Å². The van der Waals surface area contributed by atoms with Crippen molar-refractivity contribution < 1.29 is 32.2 Å². The minimum Gasteiger partial charge on any atom is -0.454 e. The highest BCUT2D eigenvalue weighted by molar-refractivity contribution is 6.34. The molecule has 0 saturated heterocycles. The molecule has 0 radical (unpaired) electrons. The number of allylic oxidation sites excluding steroid dienone is 3. The van der Waals surface area contributed by atoms with Gasteiger partial charge in [0.2, 0.25) is 6.79 Å². The molecule has 1 atom stereocenters. The fourth-order valence-electron chi connectivity index (χ4n) is 5.15. The van der Waals surface area contributed by atoms with Crippen LogP contribution < -0.4 is 20.1 Å². The number of anilines is 1. The van der Waals surface area contributed by atoms with Crippen molar-refractivity contribution in [1.82, 2.24) is 5.32 Å². The molecule has 194 valence electrons. The van der Waals surface area contributed by atoms with Crippen LogP contribution >= 0.6 is 11.6 Å². The Bertz CT molecular complexity index is 1390. The van der Waals surface area contributed by atoms with Gasteiger partial charge >= 0.3 is 6.18 Å². The van der Waals surface area contributed by atoms with Crippen LogP contribution in [0.5, 0.6) is 11.5 Å². The van der Waals surface area contributed by atoms with Crippen LogP contribution in [0.1, 0.15) is 50.7 Å². The van der Waals surface area contributed by atoms with E-state index in [0.717, 1.165) is 23.9 Å². The number of Topliss-reactive ketones (excluding diaryl/α,β-unsaturated/α-hetero) is 1. The van der Waals surface area contributed by atoms with Crippen molar-refractivity contribution in [3.63, 3.8) is 0 Å². The lowest BCUT2D eigenvalue weighted by atomic mass is 9.68. The second kappa shape index (κ2) is 8.83. The van der Waals surface area contributed by atoms with E-state index in [1.807, 2.05) is 13.8 Å². The van der Waals surface area contributed by atoms with Crippen molar-refractivity contribution in [1.29, 1.82) is 0 Å². The molecule has 1 aliphatic carbocycles. The SMILES string of the molecule is CC1=C(C(=O)Nc2cc(C(F)(F)F)ccc2Cl)[C@H](c2ccc3c(c2)OCO3)C2=C(CC(C)(C)CC2=O)N1. The summed E-state index contributed by atoms with van der Waals surface area (Å²) >= 11 is 6.14.